The van der Waals surface area contributed by atoms with Gasteiger partial charge in [0.1, 0.15) is 0 Å². The number of benzene rings is 1. The first kappa shape index (κ1) is 10.5. The van der Waals surface area contributed by atoms with Crippen LogP contribution in [-0.2, 0) is 5.88 Å². The highest BCUT2D eigenvalue weighted by molar-refractivity contribution is 7.80. The van der Waals surface area contributed by atoms with Crippen LogP contribution >= 0.6 is 24.2 Å². The maximum Gasteiger partial charge on any atom is 0.0474 e. The van der Waals surface area contributed by atoms with Crippen LogP contribution in [0.4, 0.5) is 0 Å². The van der Waals surface area contributed by atoms with Crippen LogP contribution in [0.25, 0.3) is 0 Å². The maximum atomic E-state index is 5.70. The van der Waals surface area contributed by atoms with Gasteiger partial charge >= 0.3 is 0 Å². The summed E-state index contributed by atoms with van der Waals surface area (Å²) in [6.45, 7) is 0. The predicted molar refractivity (Wildman–Crippen MR) is 61.3 cm³/mol. The van der Waals surface area contributed by atoms with Crippen molar-refractivity contribution in [2.45, 2.75) is 12.3 Å². The Kier molecular flexibility index (Phi) is 4.82. The third-order valence-electron chi connectivity index (χ3n) is 1.55. The Hall–Kier alpha value is -0.580. The number of rotatable bonds is 2. The van der Waals surface area contributed by atoms with E-state index in [0.717, 1.165) is 23.3 Å². The fraction of sp³-hybridized carbons (Fsp3) is 0.273. The Balaban J connectivity index is 2.73. The Morgan fingerprint density at radius 2 is 2.23 bits per heavy atom. The number of alkyl halides is 1. The molecule has 0 aliphatic rings. The van der Waals surface area contributed by atoms with E-state index in [1.54, 1.807) is 0 Å². The van der Waals surface area contributed by atoms with E-state index in [0.29, 0.717) is 5.88 Å². The molecule has 0 heterocycles. The molecule has 0 atom stereocenters. The van der Waals surface area contributed by atoms with Gasteiger partial charge in [0.25, 0.3) is 0 Å². The van der Waals surface area contributed by atoms with Crippen LogP contribution < -0.4 is 0 Å². The van der Waals surface area contributed by atoms with Gasteiger partial charge in [-0.2, -0.15) is 12.6 Å². The van der Waals surface area contributed by atoms with Crippen molar-refractivity contribution in [1.29, 1.82) is 0 Å². The summed E-state index contributed by atoms with van der Waals surface area (Å²) in [4.78, 5) is 0. The average molecular weight is 211 g/mol. The van der Waals surface area contributed by atoms with Gasteiger partial charge in [-0.05, 0) is 17.7 Å². The van der Waals surface area contributed by atoms with E-state index < -0.39 is 0 Å². The standard InChI is InChI=1S/C11H11ClS/c12-9-11-6-3-5-10(8-11)4-1-2-7-13/h3,5-6,8,13H,2,7,9H2. The molecule has 0 spiro atoms. The van der Waals surface area contributed by atoms with Crippen LogP contribution in [0.5, 0.6) is 0 Å². The second kappa shape index (κ2) is 5.96. The molecule has 0 nitrogen and oxygen atoms in total. The lowest BCUT2D eigenvalue weighted by molar-refractivity contribution is 1.31. The summed E-state index contributed by atoms with van der Waals surface area (Å²) in [5, 5.41) is 0. The van der Waals surface area contributed by atoms with Gasteiger partial charge in [0.05, 0.1) is 0 Å². The molecule has 0 N–H and O–H groups in total. The zero-order chi connectivity index (χ0) is 9.52. The third-order valence-corrected chi connectivity index (χ3v) is 2.08. The number of hydrogen-bond donors (Lipinski definition) is 1. The highest BCUT2D eigenvalue weighted by Gasteiger charge is 1.90. The van der Waals surface area contributed by atoms with Gasteiger partial charge in [-0.1, -0.05) is 24.0 Å². The topological polar surface area (TPSA) is 0 Å². The summed E-state index contributed by atoms with van der Waals surface area (Å²) in [6, 6.07) is 7.97. The van der Waals surface area contributed by atoms with Gasteiger partial charge in [-0.3, -0.25) is 0 Å². The van der Waals surface area contributed by atoms with E-state index in [-0.39, 0.29) is 0 Å². The van der Waals surface area contributed by atoms with E-state index in [1.807, 2.05) is 24.3 Å². The van der Waals surface area contributed by atoms with Gasteiger partial charge in [0.15, 0.2) is 0 Å². The molecule has 0 bridgehead atoms. The molecule has 0 aliphatic heterocycles. The lowest BCUT2D eigenvalue weighted by atomic mass is 10.1. The number of thiol groups is 1. The van der Waals surface area contributed by atoms with Crippen LogP contribution in [0.1, 0.15) is 17.5 Å². The molecule has 0 aromatic heterocycles. The monoisotopic (exact) mass is 210 g/mol. The molecule has 68 valence electrons. The maximum absolute atomic E-state index is 5.70. The molecule has 0 unspecified atom stereocenters. The van der Waals surface area contributed by atoms with Crippen LogP contribution in [0.15, 0.2) is 24.3 Å². The van der Waals surface area contributed by atoms with Crippen molar-refractivity contribution in [1.82, 2.24) is 0 Å². The second-order valence-corrected chi connectivity index (χ2v) is 3.32. The normalized spacial score (nSPS) is 9.08. The van der Waals surface area contributed by atoms with Crippen LogP contribution in [0.3, 0.4) is 0 Å². The average Bonchev–Trinajstić information content (AvgIpc) is 2.19. The molecule has 2 heteroatoms. The molecule has 1 aromatic carbocycles. The molecule has 0 aliphatic carbocycles. The Morgan fingerprint density at radius 1 is 1.38 bits per heavy atom. The van der Waals surface area contributed by atoms with Crippen LogP contribution in [0.2, 0.25) is 0 Å². The van der Waals surface area contributed by atoms with Crippen molar-refractivity contribution in [3.05, 3.63) is 35.4 Å². The second-order valence-electron chi connectivity index (χ2n) is 2.61. The van der Waals surface area contributed by atoms with Gasteiger partial charge in [0, 0.05) is 23.6 Å². The van der Waals surface area contributed by atoms with Crippen molar-refractivity contribution in [2.24, 2.45) is 0 Å². The van der Waals surface area contributed by atoms with Crippen molar-refractivity contribution < 1.29 is 0 Å². The van der Waals surface area contributed by atoms with E-state index in [2.05, 4.69) is 24.5 Å². The summed E-state index contributed by atoms with van der Waals surface area (Å²) in [5.41, 5.74) is 2.14. The molecule has 0 fully saturated rings. The molecule has 1 aromatic rings. The van der Waals surface area contributed by atoms with E-state index in [1.165, 1.54) is 0 Å². The first-order valence-electron chi connectivity index (χ1n) is 4.11. The van der Waals surface area contributed by atoms with Gasteiger partial charge in [-0.15, -0.1) is 11.6 Å². The minimum absolute atomic E-state index is 0.544. The molecule has 1 rings (SSSR count). The summed E-state index contributed by atoms with van der Waals surface area (Å²) in [7, 11) is 0. The Bertz CT molecular complexity index is 322. The Morgan fingerprint density at radius 3 is 2.92 bits per heavy atom. The van der Waals surface area contributed by atoms with E-state index in [4.69, 9.17) is 11.6 Å². The van der Waals surface area contributed by atoms with Crippen LogP contribution in [-0.4, -0.2) is 5.75 Å². The molecule has 0 amide bonds. The fourth-order valence-corrected chi connectivity index (χ4v) is 1.23. The zero-order valence-corrected chi connectivity index (χ0v) is 8.91. The summed E-state index contributed by atoms with van der Waals surface area (Å²) < 4.78 is 0. The van der Waals surface area contributed by atoms with Gasteiger partial charge in [0.2, 0.25) is 0 Å². The summed E-state index contributed by atoms with van der Waals surface area (Å²) in [5.74, 6) is 7.45. The van der Waals surface area contributed by atoms with Gasteiger partial charge in [-0.25, -0.2) is 0 Å². The fourth-order valence-electron chi connectivity index (χ4n) is 0.953. The molecular weight excluding hydrogens is 200 g/mol. The zero-order valence-electron chi connectivity index (χ0n) is 7.26. The minimum Gasteiger partial charge on any atom is -0.178 e. The third kappa shape index (κ3) is 3.76. The largest absolute Gasteiger partial charge is 0.178 e. The minimum atomic E-state index is 0.544. The molecule has 0 radical (unpaired) electrons. The number of hydrogen-bond acceptors (Lipinski definition) is 1. The Labute approximate surface area is 89.7 Å². The van der Waals surface area contributed by atoms with Crippen molar-refractivity contribution in [3.63, 3.8) is 0 Å². The lowest BCUT2D eigenvalue weighted by Gasteiger charge is -1.94. The lowest BCUT2D eigenvalue weighted by Crippen LogP contribution is -1.79. The number of halogens is 1. The quantitative estimate of drug-likeness (QED) is 0.433. The van der Waals surface area contributed by atoms with Gasteiger partial charge < -0.3 is 0 Å². The van der Waals surface area contributed by atoms with E-state index >= 15 is 0 Å². The van der Waals surface area contributed by atoms with Crippen LogP contribution in [0, 0.1) is 11.8 Å². The smallest absolute Gasteiger partial charge is 0.0474 e. The molecule has 13 heavy (non-hydrogen) atoms. The van der Waals surface area contributed by atoms with Crippen molar-refractivity contribution >= 4 is 24.2 Å². The summed E-state index contributed by atoms with van der Waals surface area (Å²) >= 11 is 9.78. The predicted octanol–water partition coefficient (Wildman–Crippen LogP) is 3.10. The highest BCUT2D eigenvalue weighted by Crippen LogP contribution is 2.06. The molecular formula is C11H11ClS. The van der Waals surface area contributed by atoms with Crippen molar-refractivity contribution in [2.75, 3.05) is 5.75 Å². The molecule has 0 saturated heterocycles. The highest BCUT2D eigenvalue weighted by atomic mass is 35.5. The molecule has 0 saturated carbocycles. The first-order chi connectivity index (χ1) is 6.36. The SMILES string of the molecule is SCCC#Cc1cccc(CCl)c1. The summed E-state index contributed by atoms with van der Waals surface area (Å²) in [6.07, 6.45) is 0.828. The van der Waals surface area contributed by atoms with Crippen molar-refractivity contribution in [3.8, 4) is 11.8 Å². The first-order valence-corrected chi connectivity index (χ1v) is 5.28. The van der Waals surface area contributed by atoms with E-state index in [9.17, 15) is 0 Å².